The lowest BCUT2D eigenvalue weighted by Gasteiger charge is -2.38. The Hall–Kier alpha value is -5.60. The summed E-state index contributed by atoms with van der Waals surface area (Å²) in [6.07, 6.45) is -14.8. The van der Waals surface area contributed by atoms with Crippen LogP contribution >= 0.6 is 11.8 Å². The number of carbonyl (C=O) groups excluding carboxylic acids is 3. The van der Waals surface area contributed by atoms with Gasteiger partial charge in [0.05, 0.1) is 76.6 Å². The number of carbonyl (C=O) groups is 7. The van der Waals surface area contributed by atoms with Crippen molar-refractivity contribution in [2.75, 3.05) is 58.7 Å². The molecule has 4 rings (SSSR count). The molecule has 4 heterocycles. The zero-order chi connectivity index (χ0) is 53.9. The predicted octanol–water partition coefficient (Wildman–Crippen LogP) is -8.53. The Morgan fingerprint density at radius 1 is 0.603 bits per heavy atom. The van der Waals surface area contributed by atoms with Crippen LogP contribution in [0.15, 0.2) is 12.4 Å². The molecular formula is C39H60N10O23S. The molecule has 2 aromatic heterocycles. The van der Waals surface area contributed by atoms with Gasteiger partial charge in [0.25, 0.3) is 0 Å². The first-order valence-corrected chi connectivity index (χ1v) is 23.6. The number of aliphatic hydroxyl groups is 6. The normalized spacial score (nSPS) is 25.7. The topological polar surface area (TPSA) is 487 Å². The number of nitrogens with one attached hydrogen (secondary N) is 4. The van der Waals surface area contributed by atoms with E-state index in [1.54, 1.807) is 6.26 Å². The van der Waals surface area contributed by atoms with Crippen LogP contribution in [0, 0.1) is 0 Å². The third-order valence-corrected chi connectivity index (χ3v) is 11.5. The first-order valence-electron chi connectivity index (χ1n) is 22.2. The molecular weight excluding hydrogens is 1010 g/mol. The van der Waals surface area contributed by atoms with Crippen molar-refractivity contribution in [2.24, 2.45) is 0 Å². The van der Waals surface area contributed by atoms with Crippen molar-refractivity contribution in [3.8, 4) is 0 Å². The largest absolute Gasteiger partial charge is 0.481 e. The third-order valence-electron chi connectivity index (χ3n) is 10.8. The molecule has 0 bridgehead atoms. The van der Waals surface area contributed by atoms with E-state index in [2.05, 4.69) is 41.9 Å². The molecule has 2 aliphatic heterocycles. The van der Waals surface area contributed by atoms with E-state index in [0.717, 1.165) is 11.8 Å². The lowest BCUT2D eigenvalue weighted by Crippen LogP contribution is -2.60. The van der Waals surface area contributed by atoms with E-state index < -0.39 is 140 Å². The van der Waals surface area contributed by atoms with E-state index in [1.165, 1.54) is 28.8 Å². The van der Waals surface area contributed by atoms with Gasteiger partial charge in [0.1, 0.15) is 54.7 Å². The fraction of sp³-hybridized carbons (Fsp3) is 0.718. The molecule has 2 fully saturated rings. The number of aliphatic carboxylic acids is 4. The Kier molecular flexibility index (Phi) is 24.1. The third kappa shape index (κ3) is 18.1. The Labute approximate surface area is 417 Å². The number of likely N-dealkylation sites (N-methyl/N-ethyl adjacent to an activating group) is 1. The highest BCUT2D eigenvalue weighted by atomic mass is 32.2. The first kappa shape index (κ1) is 60.0. The zero-order valence-electron chi connectivity index (χ0n) is 39.1. The number of hydrogen-bond donors (Lipinski definition) is 14. The summed E-state index contributed by atoms with van der Waals surface area (Å²) in [5.41, 5.74) is 0.385. The molecule has 0 aliphatic carbocycles. The second kappa shape index (κ2) is 29.3. The van der Waals surface area contributed by atoms with Gasteiger partial charge in [-0.25, -0.2) is 23.7 Å². The van der Waals surface area contributed by atoms with Crippen molar-refractivity contribution in [1.29, 1.82) is 0 Å². The molecule has 2 aromatic rings. The minimum atomic E-state index is -1.89. The molecule has 34 heteroatoms. The van der Waals surface area contributed by atoms with Gasteiger partial charge in [-0.3, -0.25) is 19.2 Å². The van der Waals surface area contributed by atoms with Crippen molar-refractivity contribution in [3.05, 3.63) is 23.8 Å². The lowest BCUT2D eigenvalue weighted by molar-refractivity contribution is -0.295. The van der Waals surface area contributed by atoms with Gasteiger partial charge in [0.15, 0.2) is 24.8 Å². The van der Waals surface area contributed by atoms with E-state index in [-0.39, 0.29) is 76.3 Å². The molecule has 33 nitrogen and oxygen atoms in total. The molecule has 14 atom stereocenters. The molecule has 410 valence electrons. The van der Waals surface area contributed by atoms with Gasteiger partial charge in [-0.05, 0) is 13.3 Å². The fourth-order valence-electron chi connectivity index (χ4n) is 6.92. The number of nitrogens with zero attached hydrogens (tertiary/aromatic N) is 6. The minimum Gasteiger partial charge on any atom is -0.481 e. The highest BCUT2D eigenvalue weighted by Gasteiger charge is 2.48. The number of aromatic nitrogens is 6. The quantitative estimate of drug-likeness (QED) is 0.0303. The predicted molar refractivity (Wildman–Crippen MR) is 237 cm³/mol. The Morgan fingerprint density at radius 3 is 1.45 bits per heavy atom. The van der Waals surface area contributed by atoms with Crippen molar-refractivity contribution < 1.29 is 113 Å². The summed E-state index contributed by atoms with van der Waals surface area (Å²) in [5, 5.41) is 123. The number of amides is 3. The van der Waals surface area contributed by atoms with Crippen LogP contribution in [0.1, 0.15) is 17.8 Å². The number of ether oxygens (including phenoxy) is 6. The van der Waals surface area contributed by atoms with E-state index in [1.807, 2.05) is 0 Å². The number of rotatable bonds is 32. The highest BCUT2D eigenvalue weighted by molar-refractivity contribution is 7.98. The summed E-state index contributed by atoms with van der Waals surface area (Å²) in [4.78, 5) is 87.3. The van der Waals surface area contributed by atoms with E-state index in [4.69, 9.17) is 33.5 Å². The van der Waals surface area contributed by atoms with Crippen molar-refractivity contribution in [2.45, 2.75) is 118 Å². The van der Waals surface area contributed by atoms with Crippen LogP contribution in [-0.4, -0.2) is 267 Å². The Balaban J connectivity index is 1.30. The monoisotopic (exact) mass is 1070 g/mol. The molecule has 2 saturated heterocycles. The van der Waals surface area contributed by atoms with Crippen LogP contribution < -0.4 is 21.3 Å². The van der Waals surface area contributed by atoms with Gasteiger partial charge in [0, 0.05) is 31.0 Å². The number of hydrogen-bond acceptors (Lipinski definition) is 25. The summed E-state index contributed by atoms with van der Waals surface area (Å²) >= 11 is 1.11. The fourth-order valence-corrected chi connectivity index (χ4v) is 7.48. The van der Waals surface area contributed by atoms with Crippen molar-refractivity contribution in [1.82, 2.24) is 51.3 Å². The second-order valence-corrected chi connectivity index (χ2v) is 17.1. The second-order valence-electron chi connectivity index (χ2n) is 16.2. The maximum absolute atomic E-state index is 13.7. The number of carboxylic acids is 4. The summed E-state index contributed by atoms with van der Waals surface area (Å²) < 4.78 is 34.2. The van der Waals surface area contributed by atoms with Crippen LogP contribution in [0.4, 0.5) is 0 Å². The van der Waals surface area contributed by atoms with E-state index in [0.29, 0.717) is 0 Å². The van der Waals surface area contributed by atoms with Crippen LogP contribution in [0.5, 0.6) is 0 Å². The average molecular weight is 1070 g/mol. The van der Waals surface area contributed by atoms with Crippen molar-refractivity contribution in [3.63, 3.8) is 0 Å². The van der Waals surface area contributed by atoms with Crippen LogP contribution in [0.2, 0.25) is 0 Å². The summed E-state index contributed by atoms with van der Waals surface area (Å²) in [5.74, 6) is -9.05. The maximum atomic E-state index is 13.7. The molecule has 0 saturated carbocycles. The zero-order valence-corrected chi connectivity index (χ0v) is 39.9. The van der Waals surface area contributed by atoms with Crippen LogP contribution in [-0.2, 0) is 87.9 Å². The number of carboxylic acid groups (broad SMARTS) is 4. The molecule has 0 radical (unpaired) electrons. The van der Waals surface area contributed by atoms with Gasteiger partial charge in [-0.1, -0.05) is 10.4 Å². The Morgan fingerprint density at radius 2 is 1.03 bits per heavy atom. The molecule has 14 N–H and O–H groups in total. The molecule has 3 amide bonds. The first-order chi connectivity index (χ1) is 34.6. The van der Waals surface area contributed by atoms with Crippen LogP contribution in [0.3, 0.4) is 0 Å². The summed E-state index contributed by atoms with van der Waals surface area (Å²) in [6.45, 7) is -0.391. The minimum absolute atomic E-state index is 0.0169. The van der Waals surface area contributed by atoms with Gasteiger partial charge in [-0.15, -0.1) is 10.2 Å². The summed E-state index contributed by atoms with van der Waals surface area (Å²) in [7, 11) is 1.42. The number of aliphatic hydroxyl groups excluding tert-OH is 6. The lowest BCUT2D eigenvalue weighted by atomic mass is 9.99. The summed E-state index contributed by atoms with van der Waals surface area (Å²) in [6, 6.07) is -5.86. The average Bonchev–Trinajstić information content (AvgIpc) is 4.00. The van der Waals surface area contributed by atoms with Gasteiger partial charge in [-0.2, -0.15) is 11.8 Å². The van der Waals surface area contributed by atoms with E-state index >= 15 is 0 Å². The maximum Gasteiger partial charge on any atom is 0.335 e. The van der Waals surface area contributed by atoms with Crippen molar-refractivity contribution >= 4 is 53.4 Å². The van der Waals surface area contributed by atoms with E-state index in [9.17, 15) is 79.5 Å². The van der Waals surface area contributed by atoms with Crippen LogP contribution in [0.25, 0.3) is 0 Å². The molecule has 0 spiro atoms. The Bertz CT molecular complexity index is 2140. The van der Waals surface area contributed by atoms with Gasteiger partial charge < -0.3 is 101 Å². The molecule has 2 aliphatic rings. The molecule has 73 heavy (non-hydrogen) atoms. The van der Waals surface area contributed by atoms with Gasteiger partial charge in [0.2, 0.25) is 17.7 Å². The number of thioether (sulfide) groups is 1. The molecule has 0 aromatic carbocycles. The molecule has 6 unspecified atom stereocenters. The standard InChI is InChI=1S/C39H60N10O23S/c1-40-19(11-17-14-48(46-44-17)3-5-67-7-9-69-38-28(56)24(52)26(54)30(71-38)36(63)64)32(58)42-21(13-23(50)51)34(60)41-20(33(59)43-22(16-73-2)35(61)62)12-18-15-49(47-45-18)4-6-68-8-10-70-39-29(57)25(53)27(55)31(72-39)37(65)66/h14-15,19-22,24-31,38-40,52-57H,3-13,16H2,1-2H3,(H,41,60)(H,42,58)(H,43,59)(H,50,51)(H,61,62)(H,63,64)(H,65,66)/t19-,20-,21-,22+,24-,25-,26?,27?,28+,29+,30?,31?,38?,39?/m0/s1. The highest BCUT2D eigenvalue weighted by Crippen LogP contribution is 2.23. The SMILES string of the molecule is CN[C@@H](Cc1cn(CCOCCOC2OC(C(=O)O)C(O)[C@H](O)[C@H]2O)nn1)C(=O)N[C@@H](CC(=O)O)C(=O)N[C@@H](Cc1cn(CCOCCOC2OC(C(=O)O)C(O)[C@H](O)[C@H]2O)nn1)C(=O)N[C@H](CSC)C(=O)O. The van der Waals surface area contributed by atoms with Gasteiger partial charge >= 0.3 is 23.9 Å². The smallest absolute Gasteiger partial charge is 0.335 e.